The normalized spacial score (nSPS) is 13.2. The summed E-state index contributed by atoms with van der Waals surface area (Å²) in [5, 5.41) is 3.99. The van der Waals surface area contributed by atoms with Crippen LogP contribution in [-0.2, 0) is 20.7 Å². The first-order valence-electron chi connectivity index (χ1n) is 9.99. The van der Waals surface area contributed by atoms with Crippen LogP contribution >= 0.6 is 0 Å². The van der Waals surface area contributed by atoms with E-state index in [1.54, 1.807) is 0 Å². The Kier molecular flexibility index (Phi) is 5.88. The van der Waals surface area contributed by atoms with Crippen molar-refractivity contribution in [2.75, 3.05) is 13.4 Å². The molecule has 30 heavy (non-hydrogen) atoms. The van der Waals surface area contributed by atoms with Gasteiger partial charge in [-0.15, -0.1) is 0 Å². The first-order valence-corrected chi connectivity index (χ1v) is 9.99. The molecule has 0 radical (unpaired) electrons. The van der Waals surface area contributed by atoms with E-state index >= 15 is 0 Å². The topological polar surface area (TPSA) is 89.7 Å². The van der Waals surface area contributed by atoms with Crippen molar-refractivity contribution in [3.05, 3.63) is 59.8 Å². The summed E-state index contributed by atoms with van der Waals surface area (Å²) in [5.74, 6) is 0.639. The van der Waals surface area contributed by atoms with E-state index in [0.29, 0.717) is 17.9 Å². The van der Waals surface area contributed by atoms with Crippen LogP contribution in [0, 0.1) is 0 Å². The summed E-state index contributed by atoms with van der Waals surface area (Å²) in [6.07, 6.45) is 3.67. The number of carbonyl (C=O) groups is 2. The first kappa shape index (κ1) is 19.8. The SMILES string of the molecule is C[C@@H](NC(=O)COC(=O)CCCc1c[nH]c2ccccc12)c1ccc2c(c1)OCO2. The van der Waals surface area contributed by atoms with E-state index in [2.05, 4.69) is 16.4 Å². The Morgan fingerprint density at radius 1 is 1.17 bits per heavy atom. The van der Waals surface area contributed by atoms with E-state index in [0.717, 1.165) is 17.5 Å². The van der Waals surface area contributed by atoms with Gasteiger partial charge in [-0.25, -0.2) is 0 Å². The van der Waals surface area contributed by atoms with Crippen molar-refractivity contribution in [2.45, 2.75) is 32.2 Å². The second-order valence-corrected chi connectivity index (χ2v) is 7.28. The van der Waals surface area contributed by atoms with Crippen LogP contribution in [0.25, 0.3) is 10.9 Å². The Hall–Kier alpha value is -3.48. The molecule has 1 aliphatic heterocycles. The number of H-pyrrole nitrogens is 1. The number of aromatic nitrogens is 1. The molecule has 0 aliphatic carbocycles. The molecule has 1 amide bonds. The maximum atomic E-state index is 12.1. The maximum absolute atomic E-state index is 12.1. The summed E-state index contributed by atoms with van der Waals surface area (Å²) in [7, 11) is 0. The fraction of sp³-hybridized carbons (Fsp3) is 0.304. The summed E-state index contributed by atoms with van der Waals surface area (Å²) >= 11 is 0. The lowest BCUT2D eigenvalue weighted by Gasteiger charge is -2.15. The van der Waals surface area contributed by atoms with Gasteiger partial charge >= 0.3 is 5.97 Å². The molecule has 7 heteroatoms. The third-order valence-corrected chi connectivity index (χ3v) is 5.14. The molecule has 0 saturated heterocycles. The average Bonchev–Trinajstić information content (AvgIpc) is 3.39. The third kappa shape index (κ3) is 4.56. The number of nitrogens with one attached hydrogen (secondary N) is 2. The van der Waals surface area contributed by atoms with E-state index in [9.17, 15) is 9.59 Å². The van der Waals surface area contributed by atoms with Crippen molar-refractivity contribution in [1.29, 1.82) is 0 Å². The minimum atomic E-state index is -0.374. The zero-order valence-electron chi connectivity index (χ0n) is 16.8. The van der Waals surface area contributed by atoms with Gasteiger partial charge in [0.2, 0.25) is 6.79 Å². The van der Waals surface area contributed by atoms with Crippen molar-refractivity contribution >= 4 is 22.8 Å². The van der Waals surface area contributed by atoms with Crippen LogP contribution in [0.1, 0.15) is 36.9 Å². The van der Waals surface area contributed by atoms with Crippen LogP contribution in [0.5, 0.6) is 11.5 Å². The number of para-hydroxylation sites is 1. The van der Waals surface area contributed by atoms with E-state index in [4.69, 9.17) is 14.2 Å². The van der Waals surface area contributed by atoms with E-state index < -0.39 is 0 Å². The van der Waals surface area contributed by atoms with Gasteiger partial charge in [-0.3, -0.25) is 9.59 Å². The molecule has 0 fully saturated rings. The number of benzene rings is 2. The summed E-state index contributed by atoms with van der Waals surface area (Å²) in [6.45, 7) is 1.77. The van der Waals surface area contributed by atoms with E-state index in [1.807, 2.05) is 49.5 Å². The Morgan fingerprint density at radius 3 is 2.90 bits per heavy atom. The van der Waals surface area contributed by atoms with Gasteiger partial charge in [-0.1, -0.05) is 24.3 Å². The van der Waals surface area contributed by atoms with Crippen molar-refractivity contribution < 1.29 is 23.8 Å². The molecule has 2 heterocycles. The van der Waals surface area contributed by atoms with Crippen LogP contribution in [0.4, 0.5) is 0 Å². The van der Waals surface area contributed by atoms with Crippen LogP contribution in [0.3, 0.4) is 0 Å². The van der Waals surface area contributed by atoms with Crippen LogP contribution < -0.4 is 14.8 Å². The lowest BCUT2D eigenvalue weighted by atomic mass is 10.1. The van der Waals surface area contributed by atoms with Crippen molar-refractivity contribution in [3.8, 4) is 11.5 Å². The van der Waals surface area contributed by atoms with E-state index in [1.165, 1.54) is 10.9 Å². The summed E-state index contributed by atoms with van der Waals surface area (Å²) in [6, 6.07) is 13.3. The molecule has 0 bridgehead atoms. The number of aryl methyl sites for hydroxylation is 1. The minimum absolute atomic E-state index is 0.204. The predicted octanol–water partition coefficient (Wildman–Crippen LogP) is 3.64. The number of aromatic amines is 1. The van der Waals surface area contributed by atoms with Crippen LogP contribution in [0.2, 0.25) is 0 Å². The molecule has 0 saturated carbocycles. The van der Waals surface area contributed by atoms with E-state index in [-0.39, 0.29) is 37.7 Å². The second kappa shape index (κ2) is 8.90. The first-order chi connectivity index (χ1) is 14.6. The highest BCUT2D eigenvalue weighted by Crippen LogP contribution is 2.34. The highest BCUT2D eigenvalue weighted by atomic mass is 16.7. The van der Waals surface area contributed by atoms with Gasteiger partial charge in [-0.05, 0) is 49.1 Å². The Bertz CT molecular complexity index is 1060. The number of rotatable bonds is 8. The second-order valence-electron chi connectivity index (χ2n) is 7.28. The summed E-state index contributed by atoms with van der Waals surface area (Å²) < 4.78 is 15.8. The van der Waals surface area contributed by atoms with Gasteiger partial charge in [0.1, 0.15) is 0 Å². The number of amides is 1. The number of hydrogen-bond donors (Lipinski definition) is 2. The fourth-order valence-electron chi connectivity index (χ4n) is 3.53. The number of hydrogen-bond acceptors (Lipinski definition) is 5. The molecule has 2 N–H and O–H groups in total. The minimum Gasteiger partial charge on any atom is -0.456 e. The molecule has 1 aliphatic rings. The van der Waals surface area contributed by atoms with Crippen molar-refractivity contribution in [1.82, 2.24) is 10.3 Å². The van der Waals surface area contributed by atoms with Crippen molar-refractivity contribution in [2.24, 2.45) is 0 Å². The lowest BCUT2D eigenvalue weighted by Crippen LogP contribution is -2.31. The highest BCUT2D eigenvalue weighted by Gasteiger charge is 2.17. The molecule has 0 unspecified atom stereocenters. The monoisotopic (exact) mass is 408 g/mol. The van der Waals surface area contributed by atoms with Gasteiger partial charge < -0.3 is 24.5 Å². The number of fused-ring (bicyclic) bond motifs is 2. The largest absolute Gasteiger partial charge is 0.456 e. The smallest absolute Gasteiger partial charge is 0.306 e. The zero-order valence-corrected chi connectivity index (χ0v) is 16.8. The summed E-state index contributed by atoms with van der Waals surface area (Å²) in [4.78, 5) is 27.3. The van der Waals surface area contributed by atoms with Gasteiger partial charge in [0.15, 0.2) is 18.1 Å². The Balaban J connectivity index is 1.18. The molecule has 1 atom stereocenters. The zero-order chi connectivity index (χ0) is 20.9. The lowest BCUT2D eigenvalue weighted by molar-refractivity contribution is -0.148. The Labute approximate surface area is 174 Å². The average molecular weight is 408 g/mol. The van der Waals surface area contributed by atoms with Crippen molar-refractivity contribution in [3.63, 3.8) is 0 Å². The molecule has 0 spiro atoms. The number of ether oxygens (including phenoxy) is 3. The van der Waals surface area contributed by atoms with Gasteiger partial charge in [0.05, 0.1) is 6.04 Å². The number of esters is 1. The van der Waals surface area contributed by atoms with Gasteiger partial charge in [-0.2, -0.15) is 0 Å². The molecule has 2 aromatic carbocycles. The Morgan fingerprint density at radius 2 is 2.00 bits per heavy atom. The predicted molar refractivity (Wildman–Crippen MR) is 111 cm³/mol. The molecule has 1 aromatic heterocycles. The van der Waals surface area contributed by atoms with Crippen LogP contribution in [-0.4, -0.2) is 30.3 Å². The third-order valence-electron chi connectivity index (χ3n) is 5.14. The fourth-order valence-corrected chi connectivity index (χ4v) is 3.53. The quantitative estimate of drug-likeness (QED) is 0.556. The van der Waals surface area contributed by atoms with Gasteiger partial charge in [0.25, 0.3) is 5.91 Å². The van der Waals surface area contributed by atoms with Gasteiger partial charge in [0, 0.05) is 23.5 Å². The standard InChI is InChI=1S/C23H24N2O5/c1-15(16-9-10-20-21(11-16)30-14-29-20)25-22(26)13-28-23(27)8-4-5-17-12-24-19-7-3-2-6-18(17)19/h2-3,6-7,9-12,15,24H,4-5,8,13-14H2,1H3,(H,25,26)/t15-/m1/s1. The maximum Gasteiger partial charge on any atom is 0.306 e. The molecule has 156 valence electrons. The van der Waals surface area contributed by atoms with Crippen LogP contribution in [0.15, 0.2) is 48.7 Å². The molecular weight excluding hydrogens is 384 g/mol. The number of carbonyl (C=O) groups excluding carboxylic acids is 2. The summed E-state index contributed by atoms with van der Waals surface area (Å²) in [5.41, 5.74) is 3.15. The molecular formula is C23H24N2O5. The molecule has 3 aromatic rings. The molecule has 4 rings (SSSR count). The highest BCUT2D eigenvalue weighted by molar-refractivity contribution is 5.83. The molecule has 7 nitrogen and oxygen atoms in total.